The number of carbonyl (C=O) groups is 1. The topological polar surface area (TPSA) is 55.3 Å². The van der Waals surface area contributed by atoms with Crippen LogP contribution < -0.4 is 0 Å². The molecule has 114 valence electrons. The summed E-state index contributed by atoms with van der Waals surface area (Å²) in [6.45, 7) is 3.03. The summed E-state index contributed by atoms with van der Waals surface area (Å²) in [4.78, 5) is 23.4. The van der Waals surface area contributed by atoms with Crippen LogP contribution in [0.1, 0.15) is 17.3 Å². The van der Waals surface area contributed by atoms with E-state index >= 15 is 0 Å². The summed E-state index contributed by atoms with van der Waals surface area (Å²) in [5.41, 5.74) is 0.437. The van der Waals surface area contributed by atoms with Gasteiger partial charge in [0.15, 0.2) is 5.16 Å². The Hall–Kier alpha value is -0.890. The minimum Gasteiger partial charge on any atom is -0.462 e. The average molecular weight is 346 g/mol. The molecule has 2 aromatic heterocycles. The van der Waals surface area contributed by atoms with E-state index in [4.69, 9.17) is 16.3 Å². The smallest absolute Gasteiger partial charge is 0.339 e. The van der Waals surface area contributed by atoms with Crippen molar-refractivity contribution >= 4 is 50.9 Å². The number of aromatic nitrogens is 2. The van der Waals surface area contributed by atoms with Gasteiger partial charge in [-0.25, -0.2) is 14.8 Å². The summed E-state index contributed by atoms with van der Waals surface area (Å²) in [7, 11) is 4.03. The molecule has 0 atom stereocenters. The van der Waals surface area contributed by atoms with E-state index in [0.717, 1.165) is 12.3 Å². The summed E-state index contributed by atoms with van der Waals surface area (Å²) in [5.74, 6) is 0.493. The lowest BCUT2D eigenvalue weighted by Gasteiger charge is -2.08. The van der Waals surface area contributed by atoms with Crippen molar-refractivity contribution in [1.82, 2.24) is 14.9 Å². The molecule has 0 amide bonds. The Kier molecular flexibility index (Phi) is 5.80. The molecular formula is C13H16ClN3O2S2. The molecule has 8 heteroatoms. The molecule has 0 aliphatic rings. The first-order valence-electron chi connectivity index (χ1n) is 6.42. The Morgan fingerprint density at radius 2 is 2.24 bits per heavy atom. The summed E-state index contributed by atoms with van der Waals surface area (Å²) in [5, 5.41) is 3.23. The van der Waals surface area contributed by atoms with E-state index in [0.29, 0.717) is 32.7 Å². The third kappa shape index (κ3) is 4.06. The molecule has 0 unspecified atom stereocenters. The van der Waals surface area contributed by atoms with E-state index in [1.807, 2.05) is 14.1 Å². The predicted octanol–water partition coefficient (Wildman–Crippen LogP) is 3.18. The highest BCUT2D eigenvalue weighted by Gasteiger charge is 2.18. The molecule has 0 bridgehead atoms. The van der Waals surface area contributed by atoms with Crippen LogP contribution in [0.3, 0.4) is 0 Å². The fourth-order valence-electron chi connectivity index (χ4n) is 1.62. The number of rotatable bonds is 6. The number of hydrogen-bond donors (Lipinski definition) is 0. The van der Waals surface area contributed by atoms with Gasteiger partial charge in [0.2, 0.25) is 0 Å². The van der Waals surface area contributed by atoms with E-state index in [1.54, 1.807) is 24.1 Å². The third-order valence-electron chi connectivity index (χ3n) is 2.63. The number of thioether (sulfide) groups is 1. The van der Waals surface area contributed by atoms with Gasteiger partial charge in [-0.15, -0.1) is 11.3 Å². The van der Waals surface area contributed by atoms with Crippen LogP contribution in [0.5, 0.6) is 0 Å². The van der Waals surface area contributed by atoms with E-state index in [2.05, 4.69) is 14.9 Å². The van der Waals surface area contributed by atoms with Crippen LogP contribution in [0, 0.1) is 0 Å². The Morgan fingerprint density at radius 1 is 1.48 bits per heavy atom. The molecule has 5 nitrogen and oxygen atoms in total. The van der Waals surface area contributed by atoms with Gasteiger partial charge in [-0.1, -0.05) is 23.4 Å². The Morgan fingerprint density at radius 3 is 2.90 bits per heavy atom. The number of hydrogen-bond acceptors (Lipinski definition) is 7. The quantitative estimate of drug-likeness (QED) is 0.347. The molecule has 0 fully saturated rings. The fourth-order valence-corrected chi connectivity index (χ4v) is 3.92. The van der Waals surface area contributed by atoms with E-state index < -0.39 is 0 Å². The van der Waals surface area contributed by atoms with E-state index in [-0.39, 0.29) is 5.97 Å². The SMILES string of the molecule is CCOC(=O)c1csc2nc(SCCN(C)C)nc(Cl)c12. The second kappa shape index (κ2) is 7.40. The maximum absolute atomic E-state index is 11.9. The van der Waals surface area contributed by atoms with Crippen LogP contribution in [0.4, 0.5) is 0 Å². The molecule has 0 aliphatic heterocycles. The highest BCUT2D eigenvalue weighted by molar-refractivity contribution is 7.99. The fraction of sp³-hybridized carbons (Fsp3) is 0.462. The van der Waals surface area contributed by atoms with Gasteiger partial charge < -0.3 is 9.64 Å². The summed E-state index contributed by atoms with van der Waals surface area (Å²) < 4.78 is 5.01. The first-order valence-corrected chi connectivity index (χ1v) is 8.66. The zero-order valence-corrected chi connectivity index (χ0v) is 14.4. The van der Waals surface area contributed by atoms with Crippen LogP contribution in [0.25, 0.3) is 10.2 Å². The molecule has 0 N–H and O–H groups in total. The number of carbonyl (C=O) groups excluding carboxylic acids is 1. The van der Waals surface area contributed by atoms with Crippen molar-refractivity contribution < 1.29 is 9.53 Å². The highest BCUT2D eigenvalue weighted by Crippen LogP contribution is 2.32. The Bertz CT molecular complexity index is 646. The van der Waals surface area contributed by atoms with Crippen molar-refractivity contribution in [3.05, 3.63) is 16.1 Å². The summed E-state index contributed by atoms with van der Waals surface area (Å²) >= 11 is 9.14. The standard InChI is InChI=1S/C13H16ClN3O2S2/c1-4-19-12(18)8-7-21-11-9(8)10(14)15-13(16-11)20-6-5-17(2)3/h7H,4-6H2,1-3H3. The van der Waals surface area contributed by atoms with Gasteiger partial charge in [-0.3, -0.25) is 0 Å². The molecule has 0 aliphatic carbocycles. The Balaban J connectivity index is 2.25. The second-order valence-electron chi connectivity index (χ2n) is 4.50. The van der Waals surface area contributed by atoms with Crippen LogP contribution in [0.2, 0.25) is 5.15 Å². The van der Waals surface area contributed by atoms with Gasteiger partial charge >= 0.3 is 5.97 Å². The van der Waals surface area contributed by atoms with Gasteiger partial charge in [0.1, 0.15) is 9.98 Å². The van der Waals surface area contributed by atoms with Gasteiger partial charge in [-0.2, -0.15) is 0 Å². The van der Waals surface area contributed by atoms with Gasteiger partial charge in [0.05, 0.1) is 17.6 Å². The number of nitrogens with zero attached hydrogens (tertiary/aromatic N) is 3. The van der Waals surface area contributed by atoms with E-state index in [9.17, 15) is 4.79 Å². The molecule has 0 aromatic carbocycles. The van der Waals surface area contributed by atoms with Crippen LogP contribution in [-0.2, 0) is 4.74 Å². The van der Waals surface area contributed by atoms with Crippen molar-refractivity contribution in [2.75, 3.05) is 33.0 Å². The van der Waals surface area contributed by atoms with Crippen LogP contribution in [0.15, 0.2) is 10.5 Å². The van der Waals surface area contributed by atoms with Crippen LogP contribution in [-0.4, -0.2) is 53.8 Å². The molecule has 0 radical (unpaired) electrons. The van der Waals surface area contributed by atoms with Crippen LogP contribution >= 0.6 is 34.7 Å². The summed E-state index contributed by atoms with van der Waals surface area (Å²) in [6.07, 6.45) is 0. The number of esters is 1. The number of thiophene rings is 1. The van der Waals surface area contributed by atoms with Crippen molar-refractivity contribution in [1.29, 1.82) is 0 Å². The second-order valence-corrected chi connectivity index (χ2v) is 6.78. The monoisotopic (exact) mass is 345 g/mol. The van der Waals surface area contributed by atoms with Crippen molar-refractivity contribution in [3.63, 3.8) is 0 Å². The largest absolute Gasteiger partial charge is 0.462 e. The van der Waals surface area contributed by atoms with Crippen molar-refractivity contribution in [2.24, 2.45) is 0 Å². The van der Waals surface area contributed by atoms with E-state index in [1.165, 1.54) is 11.3 Å². The zero-order valence-electron chi connectivity index (χ0n) is 12.1. The van der Waals surface area contributed by atoms with Gasteiger partial charge in [0, 0.05) is 17.7 Å². The Labute approximate surface area is 136 Å². The average Bonchev–Trinajstić information content (AvgIpc) is 2.83. The molecule has 0 saturated heterocycles. The molecule has 2 rings (SSSR count). The first kappa shape index (κ1) is 16.5. The normalized spacial score (nSPS) is 11.3. The lowest BCUT2D eigenvalue weighted by atomic mass is 10.2. The molecule has 2 aromatic rings. The van der Waals surface area contributed by atoms with Gasteiger partial charge in [-0.05, 0) is 21.0 Å². The maximum atomic E-state index is 11.9. The third-order valence-corrected chi connectivity index (χ3v) is 4.61. The zero-order chi connectivity index (χ0) is 15.4. The molecule has 0 spiro atoms. The lowest BCUT2D eigenvalue weighted by Crippen LogP contribution is -2.14. The molecule has 2 heterocycles. The van der Waals surface area contributed by atoms with Crippen molar-refractivity contribution in [2.45, 2.75) is 12.1 Å². The molecule has 21 heavy (non-hydrogen) atoms. The minimum atomic E-state index is -0.387. The number of halogens is 1. The highest BCUT2D eigenvalue weighted by atomic mass is 35.5. The minimum absolute atomic E-state index is 0.302. The maximum Gasteiger partial charge on any atom is 0.339 e. The lowest BCUT2D eigenvalue weighted by molar-refractivity contribution is 0.0529. The summed E-state index contributed by atoms with van der Waals surface area (Å²) in [6, 6.07) is 0. The number of ether oxygens (including phenoxy) is 1. The number of fused-ring (bicyclic) bond motifs is 1. The molecule has 0 saturated carbocycles. The van der Waals surface area contributed by atoms with Crippen molar-refractivity contribution in [3.8, 4) is 0 Å². The predicted molar refractivity (Wildman–Crippen MR) is 87.7 cm³/mol. The first-order chi connectivity index (χ1) is 10.0. The molecular weight excluding hydrogens is 330 g/mol. The van der Waals surface area contributed by atoms with Gasteiger partial charge in [0.25, 0.3) is 0 Å².